The Kier molecular flexibility index (Phi) is 12.5. The van der Waals surface area contributed by atoms with Gasteiger partial charge in [-0.3, -0.25) is 0 Å². The van der Waals surface area contributed by atoms with E-state index < -0.39 is 0 Å². The van der Waals surface area contributed by atoms with Gasteiger partial charge in [-0.15, -0.1) is 0 Å². The van der Waals surface area contributed by atoms with E-state index in [-0.39, 0.29) is 13.4 Å². The molecule has 10 heteroatoms. The van der Waals surface area contributed by atoms with Crippen LogP contribution < -0.4 is 42.3 Å². The summed E-state index contributed by atoms with van der Waals surface area (Å²) in [6.07, 6.45) is 9.73. The Morgan fingerprint density at radius 2 is 0.681 bits per heavy atom. The molecule has 0 amide bonds. The molecular formula is C84H74B2N6O2. The van der Waals surface area contributed by atoms with Gasteiger partial charge >= 0.3 is 0 Å². The molecule has 0 bridgehead atoms. The zero-order valence-corrected chi connectivity index (χ0v) is 54.9. The van der Waals surface area contributed by atoms with E-state index >= 15 is 0 Å². The van der Waals surface area contributed by atoms with Gasteiger partial charge < -0.3 is 18.6 Å². The first-order valence-electron chi connectivity index (χ1n) is 34.9. The molecule has 4 aliphatic heterocycles. The minimum Gasteiger partial charge on any atom is -0.456 e. The van der Waals surface area contributed by atoms with Crippen LogP contribution in [-0.2, 0) is 0 Å². The fourth-order valence-electron chi connectivity index (χ4n) is 17.3. The zero-order valence-electron chi connectivity index (χ0n) is 54.9. The molecule has 13 aromatic rings. The second kappa shape index (κ2) is 21.0. The molecule has 0 saturated heterocycles. The van der Waals surface area contributed by atoms with Crippen molar-refractivity contribution in [1.29, 1.82) is 0 Å². The van der Waals surface area contributed by atoms with E-state index in [1.807, 2.05) is 0 Å². The zero-order chi connectivity index (χ0) is 63.1. The van der Waals surface area contributed by atoms with Crippen molar-refractivity contribution < 1.29 is 9.47 Å². The van der Waals surface area contributed by atoms with Crippen molar-refractivity contribution in [2.24, 2.45) is 0 Å². The maximum Gasteiger partial charge on any atom is 0.256 e. The van der Waals surface area contributed by atoms with Crippen LogP contribution in [0.3, 0.4) is 0 Å². The van der Waals surface area contributed by atoms with Gasteiger partial charge in [0, 0.05) is 33.2 Å². The molecule has 2 aliphatic carbocycles. The maximum atomic E-state index is 8.01. The molecular weight excluding hydrogens is 1150 g/mol. The SMILES string of the molecule is CC(C)c1ccc(-c2ccc3c(n2)c2nc(-c4ccc(C(C)C)cc4)cc4c2n3-c2c3c5c(c6c2B4c2cc(C4CCCC4)ccc2O6)-n2c4ccc(-c6ccc(C(C)C)cc6)nc4c4nc(-c6ccc(C(C)C)cc6)cc(c42)B5c2cc(C4CCCC4)ccc2O3)cc1. The number of pyridine rings is 4. The lowest BCUT2D eigenvalue weighted by molar-refractivity contribution is 0.472. The highest BCUT2D eigenvalue weighted by Gasteiger charge is 2.51. The number of fused-ring (bicyclic) bond motifs is 16. The summed E-state index contributed by atoms with van der Waals surface area (Å²) in [6.45, 7) is 17.5. The molecule has 10 heterocycles. The summed E-state index contributed by atoms with van der Waals surface area (Å²) in [5.74, 6) is 6.01. The summed E-state index contributed by atoms with van der Waals surface area (Å²) < 4.78 is 21.0. The Morgan fingerprint density at radius 3 is 1.02 bits per heavy atom. The summed E-state index contributed by atoms with van der Waals surface area (Å²) in [7, 11) is 0. The number of aromatic nitrogens is 6. The average molecular weight is 1220 g/mol. The van der Waals surface area contributed by atoms with E-state index in [0.29, 0.717) is 35.5 Å². The van der Waals surface area contributed by atoms with Gasteiger partial charge in [0.25, 0.3) is 13.4 Å². The van der Waals surface area contributed by atoms with Crippen molar-refractivity contribution in [3.8, 4) is 79.4 Å². The normalized spacial score (nSPS) is 15.3. The van der Waals surface area contributed by atoms with E-state index in [2.05, 4.69) is 234 Å². The summed E-state index contributed by atoms with van der Waals surface area (Å²) in [5, 5.41) is 0. The largest absolute Gasteiger partial charge is 0.456 e. The third-order valence-corrected chi connectivity index (χ3v) is 22.5. The molecule has 2 saturated carbocycles. The number of hydrogen-bond donors (Lipinski definition) is 0. The molecule has 6 aliphatic rings. The van der Waals surface area contributed by atoms with E-state index in [0.717, 1.165) is 134 Å². The van der Waals surface area contributed by atoms with Crippen molar-refractivity contribution >= 4 is 90.3 Å². The van der Waals surface area contributed by atoms with Crippen LogP contribution in [0.2, 0.25) is 0 Å². The van der Waals surface area contributed by atoms with Gasteiger partial charge in [0.15, 0.2) is 0 Å². The van der Waals surface area contributed by atoms with Gasteiger partial charge in [-0.1, -0.05) is 202 Å². The predicted molar refractivity (Wildman–Crippen MR) is 389 cm³/mol. The molecule has 19 rings (SSSR count). The third-order valence-electron chi connectivity index (χ3n) is 22.5. The second-order valence-corrected chi connectivity index (χ2v) is 29.3. The van der Waals surface area contributed by atoms with Gasteiger partial charge in [-0.05, 0) is 165 Å². The fraction of sp³-hybridized carbons (Fsp3) is 0.262. The lowest BCUT2D eigenvalue weighted by Crippen LogP contribution is -2.63. The summed E-state index contributed by atoms with van der Waals surface area (Å²) in [6, 6.07) is 64.4. The molecule has 0 N–H and O–H groups in total. The number of ether oxygens (including phenoxy) is 2. The highest BCUT2D eigenvalue weighted by molar-refractivity contribution is 7.02. The molecule has 0 unspecified atom stereocenters. The lowest BCUT2D eigenvalue weighted by atomic mass is 9.31. The summed E-state index contributed by atoms with van der Waals surface area (Å²) >= 11 is 0. The van der Waals surface area contributed by atoms with E-state index in [9.17, 15) is 0 Å². The standard InChI is InChI=1S/C84H74B2N6O2/c1-45(2)49-17-25-55(26-18-49)65-35-37-69-75(87-65)77-79-63(43-67(89-77)57-29-21-51(22-30-57)47(5)6)85-61-41-59(53-13-9-10-14-53)33-39-71(61)94-84-73(85)81(91(69)79)83-74-82(84)92-70-38-36-66(56-27-19-50(20-28-56)46(3)4)88-76(70)78-80(92)64(44-68(90-78)58-31-23-52(24-32-58)48(7)8)86(74)62-42-60(34-40-72(62)93-83)54-15-11-12-16-54/h17-48,53-54H,9-16H2,1-8H3. The number of rotatable bonds is 10. The van der Waals surface area contributed by atoms with Crippen LogP contribution in [0.1, 0.15) is 176 Å². The Hall–Kier alpha value is -9.53. The highest BCUT2D eigenvalue weighted by Crippen LogP contribution is 2.50. The molecule has 0 atom stereocenters. The van der Waals surface area contributed by atoms with Crippen LogP contribution in [0.4, 0.5) is 0 Å². The van der Waals surface area contributed by atoms with Gasteiger partial charge in [0.2, 0.25) is 0 Å². The van der Waals surface area contributed by atoms with Crippen LogP contribution in [0.5, 0.6) is 23.0 Å². The van der Waals surface area contributed by atoms with Crippen molar-refractivity contribution in [2.75, 3.05) is 0 Å². The molecule has 7 aromatic carbocycles. The van der Waals surface area contributed by atoms with Crippen LogP contribution >= 0.6 is 0 Å². The predicted octanol–water partition coefficient (Wildman–Crippen LogP) is 17.8. The van der Waals surface area contributed by atoms with Crippen molar-refractivity contribution in [3.05, 3.63) is 203 Å². The molecule has 458 valence electrons. The second-order valence-electron chi connectivity index (χ2n) is 29.3. The fourth-order valence-corrected chi connectivity index (χ4v) is 17.3. The summed E-state index contributed by atoms with van der Waals surface area (Å²) in [5.41, 5.74) is 32.4. The van der Waals surface area contributed by atoms with Gasteiger partial charge in [0.1, 0.15) is 45.1 Å². The highest BCUT2D eigenvalue weighted by atomic mass is 16.5. The van der Waals surface area contributed by atoms with Gasteiger partial charge in [0.05, 0.1) is 56.2 Å². The topological polar surface area (TPSA) is 79.9 Å². The van der Waals surface area contributed by atoms with Crippen LogP contribution in [0.15, 0.2) is 170 Å². The van der Waals surface area contributed by atoms with Crippen LogP contribution in [-0.4, -0.2) is 42.5 Å². The first-order chi connectivity index (χ1) is 45.9. The molecule has 0 radical (unpaired) electrons. The lowest BCUT2D eigenvalue weighted by Gasteiger charge is -2.41. The first-order valence-corrected chi connectivity index (χ1v) is 34.9. The molecule has 2 fully saturated rings. The van der Waals surface area contributed by atoms with E-state index in [4.69, 9.17) is 29.4 Å². The Balaban J connectivity index is 0.961. The minimum atomic E-state index is -0.282. The maximum absolute atomic E-state index is 8.01. The Bertz CT molecular complexity index is 5000. The smallest absolute Gasteiger partial charge is 0.256 e. The number of hydrogen-bond acceptors (Lipinski definition) is 6. The quantitative estimate of drug-likeness (QED) is 0.127. The molecule has 6 aromatic heterocycles. The Morgan fingerprint density at radius 1 is 0.351 bits per heavy atom. The van der Waals surface area contributed by atoms with Gasteiger partial charge in [-0.2, -0.15) is 0 Å². The third kappa shape index (κ3) is 8.32. The van der Waals surface area contributed by atoms with Gasteiger partial charge in [-0.25, -0.2) is 19.9 Å². The van der Waals surface area contributed by atoms with E-state index in [1.54, 1.807) is 0 Å². The molecule has 0 spiro atoms. The van der Waals surface area contributed by atoms with Crippen LogP contribution in [0, 0.1) is 0 Å². The minimum absolute atomic E-state index is 0.282. The molecule has 8 nitrogen and oxygen atoms in total. The number of benzene rings is 7. The van der Waals surface area contributed by atoms with Crippen molar-refractivity contribution in [1.82, 2.24) is 29.1 Å². The summed E-state index contributed by atoms with van der Waals surface area (Å²) in [4.78, 5) is 23.3. The average Bonchev–Trinajstić information content (AvgIpc) is 1.31. The number of nitrogens with zero attached hydrogens (tertiary/aromatic N) is 6. The van der Waals surface area contributed by atoms with Crippen molar-refractivity contribution in [2.45, 2.75) is 142 Å². The van der Waals surface area contributed by atoms with E-state index in [1.165, 1.54) is 107 Å². The Labute approximate surface area is 550 Å². The van der Waals surface area contributed by atoms with Crippen LogP contribution in [0.25, 0.3) is 101 Å². The monoisotopic (exact) mass is 1220 g/mol. The molecule has 94 heavy (non-hydrogen) atoms. The first kappa shape index (κ1) is 56.0. The van der Waals surface area contributed by atoms with Crippen molar-refractivity contribution in [3.63, 3.8) is 0 Å².